The largest absolute Gasteiger partial charge is 0.478 e. The van der Waals surface area contributed by atoms with Crippen LogP contribution in [0, 0.1) is 5.82 Å². The summed E-state index contributed by atoms with van der Waals surface area (Å²) in [5.41, 5.74) is 1.46. The van der Waals surface area contributed by atoms with Crippen LogP contribution in [0.3, 0.4) is 0 Å². The number of halogens is 2. The van der Waals surface area contributed by atoms with Gasteiger partial charge in [0.25, 0.3) is 0 Å². The molecule has 0 unspecified atom stereocenters. The maximum atomic E-state index is 12.9. The van der Waals surface area contributed by atoms with Crippen LogP contribution >= 0.6 is 11.6 Å². The van der Waals surface area contributed by atoms with E-state index < -0.39 is 5.97 Å². The molecule has 0 spiro atoms. The molecule has 3 nitrogen and oxygen atoms in total. The number of rotatable bonds is 4. The Kier molecular flexibility index (Phi) is 4.25. The number of carboxylic acid groups (broad SMARTS) is 1. The Balaban J connectivity index is 2.31. The number of hydrogen-bond donors (Lipinski definition) is 1. The maximum Gasteiger partial charge on any atom is 0.337 e. The zero-order valence-electron chi connectivity index (χ0n) is 10.8. The highest BCUT2D eigenvalue weighted by Gasteiger charge is 2.16. The number of nitrogens with zero attached hydrogens (tertiary/aromatic N) is 1. The average Bonchev–Trinajstić information content (AvgIpc) is 2.40. The van der Waals surface area contributed by atoms with E-state index in [1.54, 1.807) is 36.2 Å². The molecule has 1 N–H and O–H groups in total. The second-order valence-electron chi connectivity index (χ2n) is 4.42. The molecule has 0 amide bonds. The second-order valence-corrected chi connectivity index (χ2v) is 4.83. The van der Waals surface area contributed by atoms with Crippen LogP contribution in [-0.2, 0) is 6.54 Å². The van der Waals surface area contributed by atoms with Crippen LogP contribution in [0.2, 0.25) is 5.02 Å². The molecule has 0 atom stereocenters. The zero-order valence-corrected chi connectivity index (χ0v) is 11.6. The van der Waals surface area contributed by atoms with Crippen LogP contribution < -0.4 is 4.90 Å². The van der Waals surface area contributed by atoms with Gasteiger partial charge < -0.3 is 10.0 Å². The van der Waals surface area contributed by atoms with Gasteiger partial charge in [-0.1, -0.05) is 29.8 Å². The summed E-state index contributed by atoms with van der Waals surface area (Å²) in [6.07, 6.45) is 0. The number of carbonyl (C=O) groups is 1. The van der Waals surface area contributed by atoms with Gasteiger partial charge in [0.05, 0.1) is 16.3 Å². The number of benzene rings is 2. The molecule has 0 bridgehead atoms. The van der Waals surface area contributed by atoms with E-state index in [1.807, 2.05) is 0 Å². The van der Waals surface area contributed by atoms with E-state index in [2.05, 4.69) is 0 Å². The summed E-state index contributed by atoms with van der Waals surface area (Å²) < 4.78 is 12.9. The fourth-order valence-corrected chi connectivity index (χ4v) is 2.34. The topological polar surface area (TPSA) is 40.5 Å². The minimum Gasteiger partial charge on any atom is -0.478 e. The van der Waals surface area contributed by atoms with Crippen molar-refractivity contribution in [3.8, 4) is 0 Å². The molecule has 2 aromatic carbocycles. The number of carboxylic acids is 1. The first kappa shape index (κ1) is 14.3. The first-order valence-electron chi connectivity index (χ1n) is 5.96. The molecule has 2 rings (SSSR count). The van der Waals surface area contributed by atoms with E-state index in [1.165, 1.54) is 18.2 Å². The Hall–Kier alpha value is -2.07. The van der Waals surface area contributed by atoms with E-state index in [0.717, 1.165) is 5.56 Å². The summed E-state index contributed by atoms with van der Waals surface area (Å²) in [6, 6.07) is 10.8. The first-order chi connectivity index (χ1) is 9.49. The van der Waals surface area contributed by atoms with Gasteiger partial charge in [-0.05, 0) is 29.8 Å². The molecule has 0 fully saturated rings. The van der Waals surface area contributed by atoms with Gasteiger partial charge in [-0.3, -0.25) is 0 Å². The van der Waals surface area contributed by atoms with Crippen LogP contribution in [0.1, 0.15) is 15.9 Å². The van der Waals surface area contributed by atoms with Crippen molar-refractivity contribution in [2.75, 3.05) is 11.9 Å². The van der Waals surface area contributed by atoms with Crippen molar-refractivity contribution in [3.63, 3.8) is 0 Å². The SMILES string of the molecule is CN(Cc1ccc(F)cc1)c1c(Cl)cccc1C(=O)O. The molecule has 0 saturated carbocycles. The minimum absolute atomic E-state index is 0.141. The van der Waals surface area contributed by atoms with Crippen LogP contribution in [0.4, 0.5) is 10.1 Å². The second kappa shape index (κ2) is 5.92. The molecule has 0 aliphatic carbocycles. The average molecular weight is 294 g/mol. The van der Waals surface area contributed by atoms with E-state index in [9.17, 15) is 14.3 Å². The smallest absolute Gasteiger partial charge is 0.337 e. The van der Waals surface area contributed by atoms with Gasteiger partial charge in [0.15, 0.2) is 0 Å². The normalized spacial score (nSPS) is 10.3. The highest BCUT2D eigenvalue weighted by molar-refractivity contribution is 6.34. The van der Waals surface area contributed by atoms with E-state index >= 15 is 0 Å². The minimum atomic E-state index is -1.03. The summed E-state index contributed by atoms with van der Waals surface area (Å²) in [4.78, 5) is 13.0. The standard InChI is InChI=1S/C15H13ClFNO2/c1-18(9-10-5-7-11(17)8-6-10)14-12(15(19)20)3-2-4-13(14)16/h2-8H,9H2,1H3,(H,19,20). The number of anilines is 1. The molecular weight excluding hydrogens is 281 g/mol. The molecule has 0 saturated heterocycles. The van der Waals surface area contributed by atoms with E-state index in [-0.39, 0.29) is 11.4 Å². The lowest BCUT2D eigenvalue weighted by Crippen LogP contribution is -2.19. The summed E-state index contributed by atoms with van der Waals surface area (Å²) in [7, 11) is 1.75. The van der Waals surface area contributed by atoms with Crippen molar-refractivity contribution < 1.29 is 14.3 Å². The molecule has 0 radical (unpaired) electrons. The molecule has 104 valence electrons. The van der Waals surface area contributed by atoms with Gasteiger partial charge in [-0.2, -0.15) is 0 Å². The van der Waals surface area contributed by atoms with Crippen molar-refractivity contribution in [1.82, 2.24) is 0 Å². The summed E-state index contributed by atoms with van der Waals surface area (Å²) in [5.74, 6) is -1.34. The Bertz CT molecular complexity index is 628. The van der Waals surface area contributed by atoms with Gasteiger partial charge in [-0.15, -0.1) is 0 Å². The van der Waals surface area contributed by atoms with Gasteiger partial charge >= 0.3 is 5.97 Å². The number of para-hydroxylation sites is 1. The van der Waals surface area contributed by atoms with Crippen molar-refractivity contribution in [1.29, 1.82) is 0 Å². The molecular formula is C15H13ClFNO2. The molecule has 5 heteroatoms. The zero-order chi connectivity index (χ0) is 14.7. The lowest BCUT2D eigenvalue weighted by atomic mass is 10.1. The lowest BCUT2D eigenvalue weighted by molar-refractivity contribution is 0.0697. The van der Waals surface area contributed by atoms with Crippen LogP contribution in [0.25, 0.3) is 0 Å². The molecule has 0 aromatic heterocycles. The van der Waals surface area contributed by atoms with Gasteiger partial charge in [0.1, 0.15) is 5.82 Å². The van der Waals surface area contributed by atoms with Crippen LogP contribution in [0.15, 0.2) is 42.5 Å². The third kappa shape index (κ3) is 3.08. The van der Waals surface area contributed by atoms with Gasteiger partial charge in [-0.25, -0.2) is 9.18 Å². The fourth-order valence-electron chi connectivity index (χ4n) is 2.02. The number of aromatic carboxylic acids is 1. The summed E-state index contributed by atoms with van der Waals surface area (Å²) in [5, 5.41) is 9.58. The molecule has 0 aliphatic rings. The van der Waals surface area contributed by atoms with E-state index in [4.69, 9.17) is 11.6 Å². The van der Waals surface area contributed by atoms with E-state index in [0.29, 0.717) is 17.3 Å². The predicted molar refractivity (Wildman–Crippen MR) is 76.9 cm³/mol. The molecule has 2 aromatic rings. The third-order valence-corrected chi connectivity index (χ3v) is 3.24. The Labute approximate surface area is 121 Å². The fraction of sp³-hybridized carbons (Fsp3) is 0.133. The lowest BCUT2D eigenvalue weighted by Gasteiger charge is -2.22. The Morgan fingerprint density at radius 2 is 1.90 bits per heavy atom. The monoisotopic (exact) mass is 293 g/mol. The summed E-state index contributed by atoms with van der Waals surface area (Å²) in [6.45, 7) is 0.435. The summed E-state index contributed by atoms with van der Waals surface area (Å²) >= 11 is 6.09. The third-order valence-electron chi connectivity index (χ3n) is 2.93. The van der Waals surface area contributed by atoms with Crippen LogP contribution in [-0.4, -0.2) is 18.1 Å². The van der Waals surface area contributed by atoms with Crippen molar-refractivity contribution in [2.45, 2.75) is 6.54 Å². The van der Waals surface area contributed by atoms with Crippen molar-refractivity contribution >= 4 is 23.3 Å². The Morgan fingerprint density at radius 3 is 2.50 bits per heavy atom. The van der Waals surface area contributed by atoms with Crippen molar-refractivity contribution in [3.05, 3.63) is 64.4 Å². The first-order valence-corrected chi connectivity index (χ1v) is 6.34. The molecule has 0 heterocycles. The van der Waals surface area contributed by atoms with Crippen LogP contribution in [0.5, 0.6) is 0 Å². The van der Waals surface area contributed by atoms with Gasteiger partial charge in [0, 0.05) is 13.6 Å². The maximum absolute atomic E-state index is 12.9. The Morgan fingerprint density at radius 1 is 1.25 bits per heavy atom. The number of hydrogen-bond acceptors (Lipinski definition) is 2. The molecule has 0 aliphatic heterocycles. The van der Waals surface area contributed by atoms with Crippen molar-refractivity contribution in [2.24, 2.45) is 0 Å². The highest BCUT2D eigenvalue weighted by atomic mass is 35.5. The predicted octanol–water partition coefficient (Wildman–Crippen LogP) is 3.81. The molecule has 20 heavy (non-hydrogen) atoms. The quantitative estimate of drug-likeness (QED) is 0.932. The highest BCUT2D eigenvalue weighted by Crippen LogP contribution is 2.30. The van der Waals surface area contributed by atoms with Gasteiger partial charge in [0.2, 0.25) is 0 Å².